The molecule has 20 heavy (non-hydrogen) atoms. The molecule has 0 unspecified atom stereocenters. The van der Waals surface area contributed by atoms with Gasteiger partial charge in [-0.2, -0.15) is 0 Å². The lowest BCUT2D eigenvalue weighted by Crippen LogP contribution is -2.09. The van der Waals surface area contributed by atoms with Crippen molar-refractivity contribution < 1.29 is 4.39 Å². The Bertz CT molecular complexity index is 785. The highest BCUT2D eigenvalue weighted by Gasteiger charge is 2.09. The van der Waals surface area contributed by atoms with Gasteiger partial charge in [-0.05, 0) is 43.3 Å². The number of nitrogens with zero attached hydrogens (tertiary/aromatic N) is 2. The lowest BCUT2D eigenvalue weighted by atomic mass is 10.2. The zero-order chi connectivity index (χ0) is 14.3. The van der Waals surface area contributed by atoms with Crippen LogP contribution in [0.5, 0.6) is 0 Å². The van der Waals surface area contributed by atoms with E-state index >= 15 is 0 Å². The molecule has 5 heteroatoms. The van der Waals surface area contributed by atoms with Crippen molar-refractivity contribution in [2.24, 2.45) is 0 Å². The van der Waals surface area contributed by atoms with Gasteiger partial charge in [0.2, 0.25) is 0 Å². The van der Waals surface area contributed by atoms with Crippen LogP contribution in [0.25, 0.3) is 10.2 Å². The fourth-order valence-electron chi connectivity index (χ4n) is 2.08. The van der Waals surface area contributed by atoms with Gasteiger partial charge < -0.3 is 4.90 Å². The highest BCUT2D eigenvalue weighted by atomic mass is 35.5. The third-order valence-corrected chi connectivity index (χ3v) is 4.40. The molecule has 0 aliphatic carbocycles. The smallest absolute Gasteiger partial charge is 0.141 e. The van der Waals surface area contributed by atoms with Gasteiger partial charge in [0, 0.05) is 18.4 Å². The summed E-state index contributed by atoms with van der Waals surface area (Å²) in [4.78, 5) is 6.45. The van der Waals surface area contributed by atoms with Crippen molar-refractivity contribution in [3.63, 3.8) is 0 Å². The number of aryl methyl sites for hydroxylation is 1. The average Bonchev–Trinajstić information content (AvgIpc) is 2.80. The normalized spacial score (nSPS) is 11.0. The van der Waals surface area contributed by atoms with Gasteiger partial charge in [0.05, 0.1) is 20.2 Å². The summed E-state index contributed by atoms with van der Waals surface area (Å²) in [5, 5.41) is 1.17. The van der Waals surface area contributed by atoms with Gasteiger partial charge >= 0.3 is 0 Å². The third kappa shape index (κ3) is 2.37. The standard InChI is InChI=1S/C15H12ClFN2S/c1-9-18-14-8-11(4-6-15(14)20-9)19(2)10-3-5-13(17)12(16)7-10/h3-8H,1-2H3. The molecule has 0 N–H and O–H groups in total. The van der Waals surface area contributed by atoms with Crippen molar-refractivity contribution in [3.05, 3.63) is 52.2 Å². The third-order valence-electron chi connectivity index (χ3n) is 3.16. The highest BCUT2D eigenvalue weighted by Crippen LogP contribution is 2.31. The van der Waals surface area contributed by atoms with Crippen LogP contribution in [0.1, 0.15) is 5.01 Å². The quantitative estimate of drug-likeness (QED) is 0.649. The van der Waals surface area contributed by atoms with E-state index in [2.05, 4.69) is 11.1 Å². The topological polar surface area (TPSA) is 16.1 Å². The molecule has 3 aromatic rings. The number of fused-ring (bicyclic) bond motifs is 1. The zero-order valence-corrected chi connectivity index (χ0v) is 12.6. The predicted molar refractivity (Wildman–Crippen MR) is 83.8 cm³/mol. The Labute approximate surface area is 125 Å². The van der Waals surface area contributed by atoms with Crippen LogP contribution >= 0.6 is 22.9 Å². The van der Waals surface area contributed by atoms with Crippen LogP contribution < -0.4 is 4.90 Å². The molecule has 0 spiro atoms. The molecule has 102 valence electrons. The van der Waals surface area contributed by atoms with E-state index in [1.165, 1.54) is 6.07 Å². The average molecular weight is 307 g/mol. The van der Waals surface area contributed by atoms with Crippen molar-refractivity contribution in [1.29, 1.82) is 0 Å². The predicted octanol–water partition coefficient (Wildman–Crippen LogP) is 5.17. The molecule has 0 saturated heterocycles. The molecule has 0 radical (unpaired) electrons. The Morgan fingerprint density at radius 1 is 1.15 bits per heavy atom. The maximum atomic E-state index is 13.2. The van der Waals surface area contributed by atoms with E-state index in [-0.39, 0.29) is 5.02 Å². The molecular formula is C15H12ClFN2S. The van der Waals surface area contributed by atoms with E-state index in [0.29, 0.717) is 0 Å². The summed E-state index contributed by atoms with van der Waals surface area (Å²) < 4.78 is 14.4. The molecule has 3 rings (SSSR count). The summed E-state index contributed by atoms with van der Waals surface area (Å²) in [6, 6.07) is 10.8. The Morgan fingerprint density at radius 3 is 2.60 bits per heavy atom. The van der Waals surface area contributed by atoms with Gasteiger partial charge in [0.1, 0.15) is 5.82 Å². The molecule has 2 nitrogen and oxygen atoms in total. The molecular weight excluding hydrogens is 295 g/mol. The van der Waals surface area contributed by atoms with Crippen LogP contribution in [0.15, 0.2) is 36.4 Å². The summed E-state index contributed by atoms with van der Waals surface area (Å²) >= 11 is 7.50. The van der Waals surface area contributed by atoms with E-state index in [4.69, 9.17) is 11.6 Å². The molecule has 0 saturated carbocycles. The van der Waals surface area contributed by atoms with Crippen molar-refractivity contribution in [1.82, 2.24) is 4.98 Å². The molecule has 0 atom stereocenters. The van der Waals surface area contributed by atoms with Crippen molar-refractivity contribution in [3.8, 4) is 0 Å². The lowest BCUT2D eigenvalue weighted by molar-refractivity contribution is 0.628. The van der Waals surface area contributed by atoms with Gasteiger partial charge in [-0.15, -0.1) is 11.3 Å². The van der Waals surface area contributed by atoms with Crippen LogP contribution in [0, 0.1) is 12.7 Å². The summed E-state index contributed by atoms with van der Waals surface area (Å²) in [6.45, 7) is 1.99. The Balaban J connectivity index is 2.02. The summed E-state index contributed by atoms with van der Waals surface area (Å²) in [5.74, 6) is -0.408. The molecule has 2 aromatic carbocycles. The second-order valence-corrected chi connectivity index (χ2v) is 6.18. The SMILES string of the molecule is Cc1nc2cc(N(C)c3ccc(F)c(Cl)c3)ccc2s1. The number of aromatic nitrogens is 1. The monoisotopic (exact) mass is 306 g/mol. The molecule has 0 amide bonds. The number of rotatable bonds is 2. The number of hydrogen-bond acceptors (Lipinski definition) is 3. The molecule has 1 aromatic heterocycles. The molecule has 1 heterocycles. The van der Waals surface area contributed by atoms with Crippen LogP contribution in [-0.2, 0) is 0 Å². The lowest BCUT2D eigenvalue weighted by Gasteiger charge is -2.19. The fraction of sp³-hybridized carbons (Fsp3) is 0.133. The number of thiazole rings is 1. The first kappa shape index (κ1) is 13.3. The Kier molecular flexibility index (Phi) is 3.36. The summed E-state index contributed by atoms with van der Waals surface area (Å²) in [7, 11) is 1.92. The molecule has 0 aliphatic rings. The van der Waals surface area contributed by atoms with E-state index in [0.717, 1.165) is 26.6 Å². The molecule has 0 aliphatic heterocycles. The zero-order valence-electron chi connectivity index (χ0n) is 11.0. The maximum Gasteiger partial charge on any atom is 0.141 e. The number of halogens is 2. The molecule has 0 fully saturated rings. The van der Waals surface area contributed by atoms with Gasteiger partial charge in [-0.25, -0.2) is 9.37 Å². The Hall–Kier alpha value is -1.65. The van der Waals surface area contributed by atoms with Crippen LogP contribution in [-0.4, -0.2) is 12.0 Å². The van der Waals surface area contributed by atoms with Crippen LogP contribution in [0.2, 0.25) is 5.02 Å². The number of benzene rings is 2. The fourth-order valence-corrected chi connectivity index (χ4v) is 3.06. The van der Waals surface area contributed by atoms with Gasteiger partial charge in [0.25, 0.3) is 0 Å². The van der Waals surface area contributed by atoms with E-state index < -0.39 is 5.82 Å². The van der Waals surface area contributed by atoms with Crippen LogP contribution in [0.3, 0.4) is 0 Å². The van der Waals surface area contributed by atoms with Crippen molar-refractivity contribution in [2.45, 2.75) is 6.92 Å². The van der Waals surface area contributed by atoms with E-state index in [1.807, 2.05) is 31.0 Å². The maximum absolute atomic E-state index is 13.2. The highest BCUT2D eigenvalue weighted by molar-refractivity contribution is 7.18. The summed E-state index contributed by atoms with van der Waals surface area (Å²) in [5.41, 5.74) is 2.80. The van der Waals surface area contributed by atoms with E-state index in [1.54, 1.807) is 23.5 Å². The second-order valence-electron chi connectivity index (χ2n) is 4.54. The number of hydrogen-bond donors (Lipinski definition) is 0. The van der Waals surface area contributed by atoms with Gasteiger partial charge in [-0.1, -0.05) is 11.6 Å². The first-order valence-corrected chi connectivity index (χ1v) is 7.30. The number of anilines is 2. The van der Waals surface area contributed by atoms with Crippen molar-refractivity contribution in [2.75, 3.05) is 11.9 Å². The first-order valence-electron chi connectivity index (χ1n) is 6.10. The first-order chi connectivity index (χ1) is 9.54. The van der Waals surface area contributed by atoms with E-state index in [9.17, 15) is 4.39 Å². The van der Waals surface area contributed by atoms with Crippen molar-refractivity contribution >= 4 is 44.5 Å². The van der Waals surface area contributed by atoms with Crippen LogP contribution in [0.4, 0.5) is 15.8 Å². The van der Waals surface area contributed by atoms with Gasteiger partial charge in [0.15, 0.2) is 0 Å². The minimum atomic E-state index is -0.408. The summed E-state index contributed by atoms with van der Waals surface area (Å²) in [6.07, 6.45) is 0. The Morgan fingerprint density at radius 2 is 1.85 bits per heavy atom. The minimum absolute atomic E-state index is 0.125. The van der Waals surface area contributed by atoms with Gasteiger partial charge in [-0.3, -0.25) is 0 Å². The second kappa shape index (κ2) is 5.04. The minimum Gasteiger partial charge on any atom is -0.345 e. The largest absolute Gasteiger partial charge is 0.345 e. The molecule has 0 bridgehead atoms.